The van der Waals surface area contributed by atoms with E-state index >= 15 is 0 Å². The number of aromatic nitrogens is 5. The van der Waals surface area contributed by atoms with E-state index in [1.165, 1.54) is 16.8 Å². The van der Waals surface area contributed by atoms with Crippen molar-refractivity contribution in [1.29, 1.82) is 0 Å². The molecule has 1 amide bonds. The first-order chi connectivity index (χ1) is 12.8. The average Bonchev–Trinajstić information content (AvgIpc) is 3.28. The fraction of sp³-hybridized carbons (Fsp3) is 0.312. The molecule has 0 aliphatic carbocycles. The number of rotatable bonds is 3. The van der Waals surface area contributed by atoms with E-state index in [0.717, 1.165) is 12.4 Å². The van der Waals surface area contributed by atoms with Crippen LogP contribution >= 0.6 is 0 Å². The van der Waals surface area contributed by atoms with Crippen LogP contribution in [0.15, 0.2) is 30.9 Å². The van der Waals surface area contributed by atoms with Gasteiger partial charge < -0.3 is 10.6 Å². The molecular formula is C16H14F3N7O. The number of halogens is 3. The van der Waals surface area contributed by atoms with Crippen molar-refractivity contribution in [2.24, 2.45) is 11.7 Å². The number of amides is 1. The lowest BCUT2D eigenvalue weighted by atomic mass is 10.1. The lowest BCUT2D eigenvalue weighted by Crippen LogP contribution is -2.27. The fourth-order valence-corrected chi connectivity index (χ4v) is 3.05. The summed E-state index contributed by atoms with van der Waals surface area (Å²) in [6.07, 6.45) is 0.885. The monoisotopic (exact) mass is 377 g/mol. The molecule has 2 N–H and O–H groups in total. The topological polar surface area (TPSA) is 102 Å². The SMILES string of the molecule is NC(=O)C1CCN(c2ccnc(-c3cnc4cnc(C(F)(F)F)cn34)n2)C1. The lowest BCUT2D eigenvalue weighted by molar-refractivity contribution is -0.141. The molecule has 0 radical (unpaired) electrons. The van der Waals surface area contributed by atoms with Crippen molar-refractivity contribution in [1.82, 2.24) is 24.3 Å². The van der Waals surface area contributed by atoms with E-state index in [0.29, 0.717) is 31.0 Å². The summed E-state index contributed by atoms with van der Waals surface area (Å²) in [5.41, 5.74) is 4.88. The molecular weight excluding hydrogens is 363 g/mol. The third-order valence-electron chi connectivity index (χ3n) is 4.47. The number of primary amides is 1. The van der Waals surface area contributed by atoms with Crippen molar-refractivity contribution >= 4 is 17.4 Å². The Kier molecular flexibility index (Phi) is 3.93. The molecule has 1 aliphatic rings. The van der Waals surface area contributed by atoms with Crippen molar-refractivity contribution in [3.8, 4) is 11.5 Å². The number of hydrogen-bond acceptors (Lipinski definition) is 6. The second kappa shape index (κ2) is 6.18. The molecule has 1 fully saturated rings. The van der Waals surface area contributed by atoms with E-state index in [4.69, 9.17) is 5.73 Å². The Morgan fingerprint density at radius 2 is 2.04 bits per heavy atom. The Hall–Kier alpha value is -3.24. The van der Waals surface area contributed by atoms with Crippen LogP contribution < -0.4 is 10.6 Å². The summed E-state index contributed by atoms with van der Waals surface area (Å²) < 4.78 is 40.1. The Bertz CT molecular complexity index is 1020. The van der Waals surface area contributed by atoms with Crippen LogP contribution in [0.1, 0.15) is 12.1 Å². The van der Waals surface area contributed by atoms with Gasteiger partial charge in [-0.3, -0.25) is 9.20 Å². The second-order valence-corrected chi connectivity index (χ2v) is 6.21. The summed E-state index contributed by atoms with van der Waals surface area (Å²) in [4.78, 5) is 29.3. The highest BCUT2D eigenvalue weighted by molar-refractivity contribution is 5.78. The van der Waals surface area contributed by atoms with Crippen molar-refractivity contribution in [3.63, 3.8) is 0 Å². The molecule has 0 aromatic carbocycles. The lowest BCUT2D eigenvalue weighted by Gasteiger charge is -2.17. The van der Waals surface area contributed by atoms with E-state index in [9.17, 15) is 18.0 Å². The highest BCUT2D eigenvalue weighted by atomic mass is 19.4. The van der Waals surface area contributed by atoms with E-state index in [1.54, 1.807) is 6.07 Å². The van der Waals surface area contributed by atoms with Crippen molar-refractivity contribution in [2.45, 2.75) is 12.6 Å². The molecule has 4 heterocycles. The standard InChI is InChI=1S/C16H14F3N7O/c17-16(18,19)11-8-26-10(5-23-13(26)6-22-11)15-21-3-1-12(24-15)25-4-2-9(7-25)14(20)27/h1,3,5-6,8-9H,2,4,7H2,(H2,20,27). The number of fused-ring (bicyclic) bond motifs is 1. The van der Waals surface area contributed by atoms with Crippen LogP contribution in [0, 0.1) is 5.92 Å². The van der Waals surface area contributed by atoms with E-state index in [-0.39, 0.29) is 23.3 Å². The van der Waals surface area contributed by atoms with E-state index < -0.39 is 11.9 Å². The first-order valence-corrected chi connectivity index (χ1v) is 8.11. The third kappa shape index (κ3) is 3.15. The minimum atomic E-state index is -4.57. The van der Waals surface area contributed by atoms with Crippen molar-refractivity contribution in [3.05, 3.63) is 36.5 Å². The molecule has 4 rings (SSSR count). The van der Waals surface area contributed by atoms with Gasteiger partial charge in [0.2, 0.25) is 5.91 Å². The molecule has 1 atom stereocenters. The predicted molar refractivity (Wildman–Crippen MR) is 88.5 cm³/mol. The van der Waals surface area contributed by atoms with Gasteiger partial charge in [0.15, 0.2) is 17.2 Å². The summed E-state index contributed by atoms with van der Waals surface area (Å²) >= 11 is 0. The number of carbonyl (C=O) groups excluding carboxylic acids is 1. The maximum atomic E-state index is 13.0. The molecule has 1 unspecified atom stereocenters. The van der Waals surface area contributed by atoms with Crippen LogP contribution in [0.5, 0.6) is 0 Å². The molecule has 8 nitrogen and oxygen atoms in total. The summed E-state index contributed by atoms with van der Waals surface area (Å²) in [6, 6.07) is 1.68. The van der Waals surface area contributed by atoms with Crippen LogP contribution in [0.2, 0.25) is 0 Å². The van der Waals surface area contributed by atoms with Gasteiger partial charge in [-0.15, -0.1) is 0 Å². The van der Waals surface area contributed by atoms with Gasteiger partial charge in [0.05, 0.1) is 18.3 Å². The third-order valence-corrected chi connectivity index (χ3v) is 4.47. The average molecular weight is 377 g/mol. The second-order valence-electron chi connectivity index (χ2n) is 6.21. The number of nitrogens with two attached hydrogens (primary N) is 1. The van der Waals surface area contributed by atoms with Crippen LogP contribution in [0.3, 0.4) is 0 Å². The van der Waals surface area contributed by atoms with Crippen LogP contribution in [0.4, 0.5) is 19.0 Å². The van der Waals surface area contributed by atoms with Crippen molar-refractivity contribution < 1.29 is 18.0 Å². The number of alkyl halides is 3. The van der Waals surface area contributed by atoms with Gasteiger partial charge in [0, 0.05) is 25.5 Å². The summed E-state index contributed by atoms with van der Waals surface area (Å²) in [5.74, 6) is 0.186. The van der Waals surface area contributed by atoms with Gasteiger partial charge in [-0.05, 0) is 12.5 Å². The molecule has 11 heteroatoms. The first kappa shape index (κ1) is 17.2. The summed E-state index contributed by atoms with van der Waals surface area (Å²) in [7, 11) is 0. The number of imidazole rings is 1. The number of carbonyl (C=O) groups is 1. The van der Waals surface area contributed by atoms with Gasteiger partial charge in [-0.1, -0.05) is 0 Å². The predicted octanol–water partition coefficient (Wildman–Crippen LogP) is 1.52. The molecule has 0 saturated carbocycles. The highest BCUT2D eigenvalue weighted by Crippen LogP contribution is 2.29. The van der Waals surface area contributed by atoms with Crippen molar-refractivity contribution in [2.75, 3.05) is 18.0 Å². The van der Waals surface area contributed by atoms with Crippen LogP contribution in [-0.4, -0.2) is 43.3 Å². The molecule has 27 heavy (non-hydrogen) atoms. The normalized spacial score (nSPS) is 17.6. The zero-order chi connectivity index (χ0) is 19.2. The molecule has 3 aromatic rings. The minimum absolute atomic E-state index is 0.224. The maximum Gasteiger partial charge on any atom is 0.434 e. The number of anilines is 1. The Labute approximate surface area is 150 Å². The molecule has 1 saturated heterocycles. The van der Waals surface area contributed by atoms with Gasteiger partial charge in [0.25, 0.3) is 0 Å². The highest BCUT2D eigenvalue weighted by Gasteiger charge is 2.33. The molecule has 1 aliphatic heterocycles. The zero-order valence-corrected chi connectivity index (χ0v) is 13.9. The quantitative estimate of drug-likeness (QED) is 0.742. The summed E-state index contributed by atoms with van der Waals surface area (Å²) in [5, 5.41) is 0. The van der Waals surface area contributed by atoms with Gasteiger partial charge >= 0.3 is 6.18 Å². The largest absolute Gasteiger partial charge is 0.434 e. The van der Waals surface area contributed by atoms with Gasteiger partial charge in [-0.2, -0.15) is 13.2 Å². The van der Waals surface area contributed by atoms with E-state index in [1.807, 2.05) is 4.90 Å². The molecule has 140 valence electrons. The zero-order valence-electron chi connectivity index (χ0n) is 13.9. The minimum Gasteiger partial charge on any atom is -0.369 e. The molecule has 3 aromatic heterocycles. The van der Waals surface area contributed by atoms with Gasteiger partial charge in [0.1, 0.15) is 11.5 Å². The number of nitrogens with zero attached hydrogens (tertiary/aromatic N) is 6. The smallest absolute Gasteiger partial charge is 0.369 e. The van der Waals surface area contributed by atoms with Gasteiger partial charge in [-0.25, -0.2) is 19.9 Å². The van der Waals surface area contributed by atoms with Crippen LogP contribution in [-0.2, 0) is 11.0 Å². The molecule has 0 spiro atoms. The summed E-state index contributed by atoms with van der Waals surface area (Å²) in [6.45, 7) is 1.06. The van der Waals surface area contributed by atoms with Crippen LogP contribution in [0.25, 0.3) is 17.2 Å². The maximum absolute atomic E-state index is 13.0. The Morgan fingerprint density at radius 1 is 1.22 bits per heavy atom. The Balaban J connectivity index is 1.71. The number of hydrogen-bond donors (Lipinski definition) is 1. The molecule has 0 bridgehead atoms. The first-order valence-electron chi connectivity index (χ1n) is 8.11. The van der Waals surface area contributed by atoms with E-state index in [2.05, 4.69) is 19.9 Å². The Morgan fingerprint density at radius 3 is 2.74 bits per heavy atom. The fourth-order valence-electron chi connectivity index (χ4n) is 3.05.